The Labute approximate surface area is 170 Å². The molecule has 0 aliphatic rings. The van der Waals surface area contributed by atoms with Gasteiger partial charge in [0.15, 0.2) is 5.60 Å². The monoisotopic (exact) mass is 429 g/mol. The van der Waals surface area contributed by atoms with E-state index >= 15 is 0 Å². The van der Waals surface area contributed by atoms with Gasteiger partial charge < -0.3 is 9.47 Å². The van der Waals surface area contributed by atoms with Gasteiger partial charge >= 0.3 is 6.18 Å². The average molecular weight is 430 g/mol. The first-order valence-corrected chi connectivity index (χ1v) is 8.84. The Hall–Kier alpha value is -2.37. The van der Waals surface area contributed by atoms with E-state index < -0.39 is 22.5 Å². The van der Waals surface area contributed by atoms with Gasteiger partial charge in [-0.1, -0.05) is 18.5 Å². The van der Waals surface area contributed by atoms with Crippen LogP contribution in [-0.4, -0.2) is 10.7 Å². The first kappa shape index (κ1) is 21.9. The number of nitriles is 1. The number of ether oxygens (including phenoxy) is 2. The summed E-state index contributed by atoms with van der Waals surface area (Å²) in [5.74, 6) is 0.240. The molecule has 0 spiro atoms. The third kappa shape index (κ3) is 4.91. The van der Waals surface area contributed by atoms with Crippen molar-refractivity contribution in [3.8, 4) is 23.3 Å². The lowest BCUT2D eigenvalue weighted by Crippen LogP contribution is -2.38. The predicted molar refractivity (Wildman–Crippen MR) is 101 cm³/mol. The van der Waals surface area contributed by atoms with Gasteiger partial charge in [0.1, 0.15) is 23.3 Å². The van der Waals surface area contributed by atoms with E-state index in [1.54, 1.807) is 6.92 Å². The molecule has 28 heavy (non-hydrogen) atoms. The molecule has 0 fully saturated rings. The van der Waals surface area contributed by atoms with Crippen LogP contribution in [0, 0.1) is 11.3 Å². The summed E-state index contributed by atoms with van der Waals surface area (Å²) in [6.07, 6.45) is -4.22. The number of nitrogens with zero attached hydrogens (tertiary/aromatic N) is 1. The molecule has 148 valence electrons. The SMILES string of the molecule is CCC(C)(Oc1cc(Oc2ccc(C(F)(F)F)cc2Cl)ccc1C#N)C(=O)S. The van der Waals surface area contributed by atoms with Crippen molar-refractivity contribution in [2.75, 3.05) is 0 Å². The van der Waals surface area contributed by atoms with Crippen LogP contribution in [0.15, 0.2) is 36.4 Å². The summed E-state index contributed by atoms with van der Waals surface area (Å²) in [5, 5.41) is 8.51. The average Bonchev–Trinajstić information content (AvgIpc) is 2.62. The standard InChI is InChI=1S/C19H15ClF3NO3S/c1-3-18(2,17(25)28)27-16-9-13(6-4-11(16)10-24)26-15-7-5-12(8-14(15)20)19(21,22)23/h4-9H,3H2,1-2H3,(H,25,28). The molecule has 4 nitrogen and oxygen atoms in total. The fraction of sp³-hybridized carbons (Fsp3) is 0.263. The highest BCUT2D eigenvalue weighted by Crippen LogP contribution is 2.38. The van der Waals surface area contributed by atoms with Crippen molar-refractivity contribution in [2.24, 2.45) is 0 Å². The van der Waals surface area contributed by atoms with Crippen molar-refractivity contribution in [3.63, 3.8) is 0 Å². The summed E-state index contributed by atoms with van der Waals surface area (Å²) < 4.78 is 49.4. The molecule has 2 aromatic rings. The van der Waals surface area contributed by atoms with Crippen LogP contribution in [0.25, 0.3) is 0 Å². The van der Waals surface area contributed by atoms with Crippen LogP contribution in [0.3, 0.4) is 0 Å². The van der Waals surface area contributed by atoms with Gasteiger partial charge in [0, 0.05) is 6.07 Å². The number of carbonyl (C=O) groups excluding carboxylic acids is 1. The molecule has 0 radical (unpaired) electrons. The van der Waals surface area contributed by atoms with Gasteiger partial charge in [0.05, 0.1) is 16.1 Å². The third-order valence-corrected chi connectivity index (χ3v) is 4.79. The molecule has 2 rings (SSSR count). The Balaban J connectivity index is 2.36. The topological polar surface area (TPSA) is 59.3 Å². The molecule has 9 heteroatoms. The van der Waals surface area contributed by atoms with Crippen molar-refractivity contribution in [3.05, 3.63) is 52.5 Å². The van der Waals surface area contributed by atoms with Crippen molar-refractivity contribution in [2.45, 2.75) is 32.0 Å². The molecule has 0 N–H and O–H groups in total. The largest absolute Gasteiger partial charge is 0.477 e. The van der Waals surface area contributed by atoms with Gasteiger partial charge in [-0.3, -0.25) is 4.79 Å². The number of carbonyl (C=O) groups is 1. The van der Waals surface area contributed by atoms with Crippen LogP contribution in [0.2, 0.25) is 5.02 Å². The molecule has 1 atom stereocenters. The van der Waals surface area contributed by atoms with E-state index in [1.807, 2.05) is 6.07 Å². The number of rotatable bonds is 6. The van der Waals surface area contributed by atoms with E-state index in [-0.39, 0.29) is 27.8 Å². The summed E-state index contributed by atoms with van der Waals surface area (Å²) in [6, 6.07) is 8.83. The van der Waals surface area contributed by atoms with E-state index in [9.17, 15) is 23.2 Å². The molecular formula is C19H15ClF3NO3S. The van der Waals surface area contributed by atoms with Crippen LogP contribution in [0.5, 0.6) is 17.2 Å². The summed E-state index contributed by atoms with van der Waals surface area (Å²) in [5.41, 5.74) is -2.01. The lowest BCUT2D eigenvalue weighted by molar-refractivity contribution is -0.137. The molecular weight excluding hydrogens is 415 g/mol. The van der Waals surface area contributed by atoms with Crippen molar-refractivity contribution in [1.82, 2.24) is 0 Å². The molecule has 2 aromatic carbocycles. The Morgan fingerprint density at radius 2 is 1.89 bits per heavy atom. The van der Waals surface area contributed by atoms with Crippen LogP contribution in [-0.2, 0) is 11.0 Å². The summed E-state index contributed by atoms with van der Waals surface area (Å²) >= 11 is 9.71. The van der Waals surface area contributed by atoms with Crippen LogP contribution in [0.4, 0.5) is 13.2 Å². The molecule has 0 amide bonds. The fourth-order valence-electron chi connectivity index (χ4n) is 2.14. The molecule has 0 heterocycles. The number of benzene rings is 2. The van der Waals surface area contributed by atoms with E-state index in [1.165, 1.54) is 25.1 Å². The third-order valence-electron chi connectivity index (χ3n) is 4.02. The number of hydrogen-bond acceptors (Lipinski definition) is 4. The highest BCUT2D eigenvalue weighted by molar-refractivity contribution is 7.96. The molecule has 0 aromatic heterocycles. The second-order valence-corrected chi connectivity index (χ2v) is 6.82. The first-order chi connectivity index (χ1) is 13.0. The Kier molecular flexibility index (Phi) is 6.52. The first-order valence-electron chi connectivity index (χ1n) is 8.01. The minimum Gasteiger partial charge on any atom is -0.477 e. The van der Waals surface area contributed by atoms with E-state index in [0.717, 1.165) is 18.2 Å². The molecule has 0 saturated heterocycles. The smallest absolute Gasteiger partial charge is 0.416 e. The van der Waals surface area contributed by atoms with E-state index in [2.05, 4.69) is 12.6 Å². The number of hydrogen-bond donors (Lipinski definition) is 1. The van der Waals surface area contributed by atoms with Crippen LogP contribution < -0.4 is 9.47 Å². The van der Waals surface area contributed by atoms with E-state index in [0.29, 0.717) is 6.42 Å². The lowest BCUT2D eigenvalue weighted by atomic mass is 10.1. The fourth-order valence-corrected chi connectivity index (χ4v) is 2.56. The number of thiol groups is 1. The van der Waals surface area contributed by atoms with Gasteiger partial charge in [-0.25, -0.2) is 0 Å². The zero-order chi connectivity index (χ0) is 21.1. The zero-order valence-electron chi connectivity index (χ0n) is 14.8. The van der Waals surface area contributed by atoms with Crippen LogP contribution >= 0.6 is 24.2 Å². The zero-order valence-corrected chi connectivity index (χ0v) is 16.5. The van der Waals surface area contributed by atoms with Gasteiger partial charge in [-0.05, 0) is 43.7 Å². The number of alkyl halides is 3. The highest BCUT2D eigenvalue weighted by Gasteiger charge is 2.32. The normalized spacial score (nSPS) is 13.4. The van der Waals surface area contributed by atoms with Crippen LogP contribution in [0.1, 0.15) is 31.4 Å². The molecule has 0 aliphatic carbocycles. The predicted octanol–water partition coefficient (Wildman–Crippen LogP) is 6.03. The van der Waals surface area contributed by atoms with E-state index in [4.69, 9.17) is 21.1 Å². The quantitative estimate of drug-likeness (QED) is 0.570. The van der Waals surface area contributed by atoms with Gasteiger partial charge in [-0.2, -0.15) is 18.4 Å². The second-order valence-electron chi connectivity index (χ2n) is 6.01. The molecule has 0 aliphatic heterocycles. The highest BCUT2D eigenvalue weighted by atomic mass is 35.5. The summed E-state index contributed by atoms with van der Waals surface area (Å²) in [6.45, 7) is 3.26. The second kappa shape index (κ2) is 8.33. The Morgan fingerprint density at radius 1 is 1.21 bits per heavy atom. The molecule has 1 unspecified atom stereocenters. The van der Waals surface area contributed by atoms with Gasteiger partial charge in [-0.15, -0.1) is 12.6 Å². The molecule has 0 saturated carbocycles. The maximum Gasteiger partial charge on any atom is 0.416 e. The van der Waals surface area contributed by atoms with Crippen molar-refractivity contribution in [1.29, 1.82) is 5.26 Å². The maximum absolute atomic E-state index is 12.7. The van der Waals surface area contributed by atoms with Crippen molar-refractivity contribution < 1.29 is 27.4 Å². The number of halogens is 4. The van der Waals surface area contributed by atoms with Gasteiger partial charge in [0.2, 0.25) is 5.12 Å². The Bertz CT molecular complexity index is 943. The molecule has 0 bridgehead atoms. The summed E-state index contributed by atoms with van der Waals surface area (Å²) in [7, 11) is 0. The lowest BCUT2D eigenvalue weighted by Gasteiger charge is -2.26. The van der Waals surface area contributed by atoms with Gasteiger partial charge in [0.25, 0.3) is 0 Å². The summed E-state index contributed by atoms with van der Waals surface area (Å²) in [4.78, 5) is 11.7. The minimum atomic E-state index is -4.53. The van der Waals surface area contributed by atoms with Crippen molar-refractivity contribution >= 4 is 29.3 Å². The minimum absolute atomic E-state index is 0.00570. The maximum atomic E-state index is 12.7. The Morgan fingerprint density at radius 3 is 2.39 bits per heavy atom.